The van der Waals surface area contributed by atoms with Gasteiger partial charge in [0.15, 0.2) is 11.6 Å². The molecule has 2 rings (SSSR count). The summed E-state index contributed by atoms with van der Waals surface area (Å²) in [5, 5.41) is 0. The average molecular weight is 243 g/mol. The van der Waals surface area contributed by atoms with Crippen LogP contribution in [0.3, 0.4) is 0 Å². The molecule has 0 unspecified atom stereocenters. The molecule has 0 atom stereocenters. The Morgan fingerprint density at radius 1 is 1.22 bits per heavy atom. The van der Waals surface area contributed by atoms with Gasteiger partial charge in [0.1, 0.15) is 0 Å². The van der Waals surface area contributed by atoms with E-state index < -0.39 is 0 Å². The first kappa shape index (κ1) is 12.3. The zero-order valence-electron chi connectivity index (χ0n) is 10.7. The second-order valence-electron chi connectivity index (χ2n) is 4.05. The second-order valence-corrected chi connectivity index (χ2v) is 4.05. The zero-order chi connectivity index (χ0) is 13.0. The molecule has 0 saturated heterocycles. The Balaban J connectivity index is 2.23. The summed E-state index contributed by atoms with van der Waals surface area (Å²) in [7, 11) is 0. The van der Waals surface area contributed by atoms with Crippen molar-refractivity contribution >= 4 is 11.6 Å². The first-order valence-electron chi connectivity index (χ1n) is 5.94. The van der Waals surface area contributed by atoms with E-state index in [4.69, 9.17) is 5.73 Å². The maximum Gasteiger partial charge on any atom is 0.171 e. The molecule has 0 aromatic carbocycles. The van der Waals surface area contributed by atoms with Crippen molar-refractivity contribution in [3.05, 3.63) is 42.0 Å². The van der Waals surface area contributed by atoms with Crippen LogP contribution in [0.1, 0.15) is 18.3 Å². The molecule has 0 saturated carbocycles. The van der Waals surface area contributed by atoms with Gasteiger partial charge in [-0.1, -0.05) is 6.07 Å². The van der Waals surface area contributed by atoms with Crippen molar-refractivity contribution in [2.24, 2.45) is 0 Å². The highest BCUT2D eigenvalue weighted by Gasteiger charge is 2.11. The Hall–Kier alpha value is -2.17. The summed E-state index contributed by atoms with van der Waals surface area (Å²) >= 11 is 0. The monoisotopic (exact) mass is 243 g/mol. The Morgan fingerprint density at radius 2 is 2.00 bits per heavy atom. The third-order valence-corrected chi connectivity index (χ3v) is 2.69. The lowest BCUT2D eigenvalue weighted by Gasteiger charge is -2.22. The Kier molecular flexibility index (Phi) is 3.72. The smallest absolute Gasteiger partial charge is 0.171 e. The second kappa shape index (κ2) is 5.44. The molecular weight excluding hydrogens is 226 g/mol. The van der Waals surface area contributed by atoms with Crippen LogP contribution in [0.25, 0.3) is 0 Å². The lowest BCUT2D eigenvalue weighted by atomic mass is 10.3. The summed E-state index contributed by atoms with van der Waals surface area (Å²) in [5.74, 6) is 1.16. The van der Waals surface area contributed by atoms with Crippen LogP contribution in [-0.4, -0.2) is 21.5 Å². The van der Waals surface area contributed by atoms with Gasteiger partial charge in [-0.25, -0.2) is 9.97 Å². The normalized spacial score (nSPS) is 10.3. The van der Waals surface area contributed by atoms with Gasteiger partial charge in [0.2, 0.25) is 0 Å². The van der Waals surface area contributed by atoms with E-state index in [2.05, 4.69) is 26.8 Å². The lowest BCUT2D eigenvalue weighted by Crippen LogP contribution is -2.25. The van der Waals surface area contributed by atoms with E-state index in [9.17, 15) is 0 Å². The van der Waals surface area contributed by atoms with Crippen molar-refractivity contribution in [3.8, 4) is 0 Å². The van der Waals surface area contributed by atoms with Crippen LogP contribution in [0.2, 0.25) is 0 Å². The van der Waals surface area contributed by atoms with Gasteiger partial charge < -0.3 is 10.6 Å². The maximum absolute atomic E-state index is 5.84. The van der Waals surface area contributed by atoms with Crippen LogP contribution >= 0.6 is 0 Å². The lowest BCUT2D eigenvalue weighted by molar-refractivity contribution is 0.789. The summed E-state index contributed by atoms with van der Waals surface area (Å²) in [6.45, 7) is 5.53. The molecule has 0 aliphatic rings. The fourth-order valence-electron chi connectivity index (χ4n) is 1.80. The Labute approximate surface area is 107 Å². The Bertz CT molecular complexity index is 526. The SMILES string of the molecule is CCN(Cc1cccc(C)n1)c1nccnc1N. The van der Waals surface area contributed by atoms with Gasteiger partial charge in [0, 0.05) is 24.6 Å². The molecule has 0 bridgehead atoms. The fraction of sp³-hybridized carbons (Fsp3) is 0.308. The molecule has 5 nitrogen and oxygen atoms in total. The molecule has 0 aliphatic carbocycles. The number of aryl methyl sites for hydroxylation is 1. The summed E-state index contributed by atoms with van der Waals surface area (Å²) in [6.07, 6.45) is 3.25. The number of nitrogens with two attached hydrogens (primary N) is 1. The molecular formula is C13H17N5. The van der Waals surface area contributed by atoms with Crippen LogP contribution in [0.5, 0.6) is 0 Å². The van der Waals surface area contributed by atoms with Crippen LogP contribution in [0.15, 0.2) is 30.6 Å². The minimum atomic E-state index is 0.451. The highest BCUT2D eigenvalue weighted by atomic mass is 15.2. The minimum Gasteiger partial charge on any atom is -0.381 e. The standard InChI is InChI=1S/C13H17N5/c1-3-18(13-12(14)15-7-8-16-13)9-11-6-4-5-10(2)17-11/h4-8H,3,9H2,1-2H3,(H2,14,15). The van der Waals surface area contributed by atoms with Crippen LogP contribution in [0.4, 0.5) is 11.6 Å². The van der Waals surface area contributed by atoms with Gasteiger partial charge in [-0.05, 0) is 26.0 Å². The molecule has 18 heavy (non-hydrogen) atoms. The molecule has 2 N–H and O–H groups in total. The van der Waals surface area contributed by atoms with E-state index in [1.54, 1.807) is 12.4 Å². The average Bonchev–Trinajstić information content (AvgIpc) is 2.37. The molecule has 5 heteroatoms. The van der Waals surface area contributed by atoms with Crippen molar-refractivity contribution in [2.75, 3.05) is 17.2 Å². The van der Waals surface area contributed by atoms with Gasteiger partial charge >= 0.3 is 0 Å². The summed E-state index contributed by atoms with van der Waals surface area (Å²) in [4.78, 5) is 14.9. The van der Waals surface area contributed by atoms with E-state index in [0.717, 1.165) is 17.9 Å². The molecule has 2 aromatic heterocycles. The third kappa shape index (κ3) is 2.74. The quantitative estimate of drug-likeness (QED) is 0.886. The van der Waals surface area contributed by atoms with E-state index in [1.165, 1.54) is 0 Å². The molecule has 2 aromatic rings. The summed E-state index contributed by atoms with van der Waals surface area (Å²) < 4.78 is 0. The number of rotatable bonds is 4. The number of nitrogen functional groups attached to an aromatic ring is 1. The zero-order valence-corrected chi connectivity index (χ0v) is 10.7. The molecule has 0 radical (unpaired) electrons. The minimum absolute atomic E-state index is 0.451. The van der Waals surface area contributed by atoms with Crippen molar-refractivity contribution in [1.29, 1.82) is 0 Å². The highest BCUT2D eigenvalue weighted by Crippen LogP contribution is 2.18. The number of anilines is 2. The Morgan fingerprint density at radius 3 is 2.67 bits per heavy atom. The predicted octanol–water partition coefficient (Wildman–Crippen LogP) is 1.79. The van der Waals surface area contributed by atoms with E-state index >= 15 is 0 Å². The first-order valence-corrected chi connectivity index (χ1v) is 5.94. The maximum atomic E-state index is 5.84. The van der Waals surface area contributed by atoms with Crippen molar-refractivity contribution in [1.82, 2.24) is 15.0 Å². The number of nitrogens with zero attached hydrogens (tertiary/aromatic N) is 4. The van der Waals surface area contributed by atoms with Crippen LogP contribution in [-0.2, 0) is 6.54 Å². The molecule has 0 fully saturated rings. The highest BCUT2D eigenvalue weighted by molar-refractivity contribution is 5.57. The van der Waals surface area contributed by atoms with Crippen molar-refractivity contribution < 1.29 is 0 Å². The number of aromatic nitrogens is 3. The first-order chi connectivity index (χ1) is 8.70. The molecule has 0 spiro atoms. The van der Waals surface area contributed by atoms with Crippen molar-refractivity contribution in [2.45, 2.75) is 20.4 Å². The van der Waals surface area contributed by atoms with Crippen LogP contribution in [0, 0.1) is 6.92 Å². The third-order valence-electron chi connectivity index (χ3n) is 2.69. The van der Waals surface area contributed by atoms with E-state index in [0.29, 0.717) is 18.2 Å². The van der Waals surface area contributed by atoms with Crippen LogP contribution < -0.4 is 10.6 Å². The van der Waals surface area contributed by atoms with Gasteiger partial charge in [0.25, 0.3) is 0 Å². The van der Waals surface area contributed by atoms with Crippen molar-refractivity contribution in [3.63, 3.8) is 0 Å². The van der Waals surface area contributed by atoms with Gasteiger partial charge in [-0.3, -0.25) is 4.98 Å². The summed E-state index contributed by atoms with van der Waals surface area (Å²) in [5.41, 5.74) is 7.86. The fourth-order valence-corrected chi connectivity index (χ4v) is 1.80. The number of pyridine rings is 1. The molecule has 94 valence electrons. The van der Waals surface area contributed by atoms with Gasteiger partial charge in [-0.15, -0.1) is 0 Å². The predicted molar refractivity (Wildman–Crippen MR) is 72.1 cm³/mol. The van der Waals surface area contributed by atoms with E-state index in [1.807, 2.05) is 25.1 Å². The molecule has 0 amide bonds. The van der Waals surface area contributed by atoms with Gasteiger partial charge in [0.05, 0.1) is 12.2 Å². The number of hydrogen-bond acceptors (Lipinski definition) is 5. The molecule has 2 heterocycles. The molecule has 0 aliphatic heterocycles. The largest absolute Gasteiger partial charge is 0.381 e. The topological polar surface area (TPSA) is 67.9 Å². The van der Waals surface area contributed by atoms with E-state index in [-0.39, 0.29) is 0 Å². The number of hydrogen-bond donors (Lipinski definition) is 1. The van der Waals surface area contributed by atoms with Gasteiger partial charge in [-0.2, -0.15) is 0 Å². The summed E-state index contributed by atoms with van der Waals surface area (Å²) in [6, 6.07) is 5.99.